The van der Waals surface area contributed by atoms with Gasteiger partial charge in [-0.25, -0.2) is 0 Å². The average Bonchev–Trinajstić information content (AvgIpc) is 3.56. The van der Waals surface area contributed by atoms with Gasteiger partial charge >= 0.3 is 0 Å². The number of nitrogens with one attached hydrogen (secondary N) is 3. The molecule has 3 N–H and O–H groups in total. The average molecular weight is 530 g/mol. The van der Waals surface area contributed by atoms with Crippen molar-refractivity contribution >= 4 is 45.0 Å². The fourth-order valence-corrected chi connectivity index (χ4v) is 4.12. The Bertz CT molecular complexity index is 1160. The van der Waals surface area contributed by atoms with Crippen LogP contribution in [0.2, 0.25) is 5.02 Å². The summed E-state index contributed by atoms with van der Waals surface area (Å²) in [5.74, 6) is -0.276. The van der Waals surface area contributed by atoms with Gasteiger partial charge < -0.3 is 20.7 Å². The van der Waals surface area contributed by atoms with Crippen LogP contribution in [0.4, 0.5) is 5.69 Å². The molecule has 2 aromatic rings. The van der Waals surface area contributed by atoms with Crippen LogP contribution in [0.5, 0.6) is 5.75 Å². The number of nitrogens with zero attached hydrogens (tertiary/aromatic N) is 1. The SMILES string of the molecule is N#CC1(NC(=O)[C@@H]2Cc3ccc(c(Cl)c3)OC/C=C\CNc3ccc(Br)cc3C(=O)N2)CC1. The van der Waals surface area contributed by atoms with E-state index in [9.17, 15) is 14.9 Å². The van der Waals surface area contributed by atoms with Crippen molar-refractivity contribution in [2.45, 2.75) is 30.8 Å². The summed E-state index contributed by atoms with van der Waals surface area (Å²) in [6.07, 6.45) is 5.16. The minimum Gasteiger partial charge on any atom is -0.488 e. The third kappa shape index (κ3) is 5.67. The van der Waals surface area contributed by atoms with E-state index in [-0.39, 0.29) is 6.42 Å². The zero-order chi connectivity index (χ0) is 23.4. The Morgan fingerprint density at radius 1 is 1.24 bits per heavy atom. The van der Waals surface area contributed by atoms with Crippen LogP contribution in [0.1, 0.15) is 28.8 Å². The van der Waals surface area contributed by atoms with Gasteiger partial charge in [-0.1, -0.05) is 39.7 Å². The highest BCUT2D eigenvalue weighted by atomic mass is 79.9. The summed E-state index contributed by atoms with van der Waals surface area (Å²) in [7, 11) is 0. The molecule has 2 amide bonds. The summed E-state index contributed by atoms with van der Waals surface area (Å²) in [4.78, 5) is 26.4. The molecule has 3 aliphatic rings. The second-order valence-corrected chi connectivity index (χ2v) is 9.35. The number of anilines is 1. The largest absolute Gasteiger partial charge is 0.488 e. The van der Waals surface area contributed by atoms with Gasteiger partial charge in [0.15, 0.2) is 0 Å². The number of rotatable bonds is 2. The number of amides is 2. The molecule has 0 radical (unpaired) electrons. The number of hydrogen-bond acceptors (Lipinski definition) is 5. The number of nitriles is 1. The van der Waals surface area contributed by atoms with Crippen molar-refractivity contribution in [2.24, 2.45) is 0 Å². The van der Waals surface area contributed by atoms with E-state index in [4.69, 9.17) is 16.3 Å². The summed E-state index contributed by atoms with van der Waals surface area (Å²) in [5, 5.41) is 18.7. The second kappa shape index (κ2) is 9.86. The Labute approximate surface area is 205 Å². The molecule has 5 rings (SSSR count). The summed E-state index contributed by atoms with van der Waals surface area (Å²) < 4.78 is 6.46. The molecule has 2 aromatic carbocycles. The first-order valence-corrected chi connectivity index (χ1v) is 11.7. The van der Waals surface area contributed by atoms with Crippen LogP contribution in [0.15, 0.2) is 53.0 Å². The van der Waals surface area contributed by atoms with Gasteiger partial charge in [-0.2, -0.15) is 5.26 Å². The minimum absolute atomic E-state index is 0.204. The topological polar surface area (TPSA) is 103 Å². The number of halogens is 2. The van der Waals surface area contributed by atoms with Crippen LogP contribution in [0.3, 0.4) is 0 Å². The van der Waals surface area contributed by atoms with Crippen molar-refractivity contribution in [1.82, 2.24) is 10.6 Å². The maximum atomic E-state index is 13.3. The van der Waals surface area contributed by atoms with E-state index < -0.39 is 23.4 Å². The van der Waals surface area contributed by atoms with Gasteiger partial charge in [-0.05, 0) is 54.8 Å². The zero-order valence-electron chi connectivity index (χ0n) is 17.7. The Morgan fingerprint density at radius 3 is 2.79 bits per heavy atom. The van der Waals surface area contributed by atoms with Crippen LogP contribution in [-0.4, -0.2) is 36.5 Å². The molecule has 7 nitrogen and oxygen atoms in total. The fraction of sp³-hybridized carbons (Fsp3) is 0.292. The third-order valence-corrected chi connectivity index (χ3v) is 6.31. The van der Waals surface area contributed by atoms with Crippen molar-refractivity contribution in [1.29, 1.82) is 5.26 Å². The van der Waals surface area contributed by atoms with Crippen LogP contribution in [0.25, 0.3) is 0 Å². The lowest BCUT2D eigenvalue weighted by Crippen LogP contribution is -2.51. The Kier molecular flexibility index (Phi) is 6.91. The number of carbonyl (C=O) groups excluding carboxylic acids is 2. The van der Waals surface area contributed by atoms with Crippen molar-refractivity contribution in [2.75, 3.05) is 18.5 Å². The first kappa shape index (κ1) is 23.1. The monoisotopic (exact) mass is 528 g/mol. The Morgan fingerprint density at radius 2 is 2.06 bits per heavy atom. The van der Waals surface area contributed by atoms with Crippen LogP contribution in [0, 0.1) is 11.3 Å². The Hall–Kier alpha value is -3.02. The molecule has 0 spiro atoms. The molecular weight excluding hydrogens is 508 g/mol. The maximum absolute atomic E-state index is 13.3. The van der Waals surface area contributed by atoms with Gasteiger partial charge in [0.25, 0.3) is 5.91 Å². The quantitative estimate of drug-likeness (QED) is 0.511. The molecule has 1 fully saturated rings. The highest BCUT2D eigenvalue weighted by molar-refractivity contribution is 9.10. The van der Waals surface area contributed by atoms with Crippen LogP contribution in [-0.2, 0) is 11.2 Å². The maximum Gasteiger partial charge on any atom is 0.254 e. The number of fused-ring (bicyclic) bond motifs is 9. The molecule has 1 aliphatic carbocycles. The summed E-state index contributed by atoms with van der Waals surface area (Å²) in [6, 6.07) is 11.9. The molecule has 1 atom stereocenters. The van der Waals surface area contributed by atoms with Crippen molar-refractivity contribution in [3.63, 3.8) is 0 Å². The molecule has 170 valence electrons. The highest BCUT2D eigenvalue weighted by Crippen LogP contribution is 2.34. The van der Waals surface area contributed by atoms with Crippen LogP contribution >= 0.6 is 27.5 Å². The van der Waals surface area contributed by atoms with Gasteiger partial charge in [0.2, 0.25) is 5.91 Å². The molecule has 9 heteroatoms. The van der Waals surface area contributed by atoms with E-state index in [0.29, 0.717) is 48.0 Å². The first-order valence-electron chi connectivity index (χ1n) is 10.5. The van der Waals surface area contributed by atoms with Crippen molar-refractivity contribution in [3.8, 4) is 11.8 Å². The molecule has 2 bridgehead atoms. The molecule has 2 aliphatic heterocycles. The van der Waals surface area contributed by atoms with E-state index >= 15 is 0 Å². The molecule has 0 saturated heterocycles. The fourth-order valence-electron chi connectivity index (χ4n) is 3.50. The zero-order valence-corrected chi connectivity index (χ0v) is 20.0. The number of hydrogen-bond donors (Lipinski definition) is 3. The van der Waals surface area contributed by atoms with Crippen molar-refractivity contribution in [3.05, 3.63) is 69.2 Å². The lowest BCUT2D eigenvalue weighted by Gasteiger charge is -2.22. The smallest absolute Gasteiger partial charge is 0.254 e. The standard InChI is InChI=1S/C24H22BrClN4O3/c25-16-4-5-19-17(13-16)22(31)29-20(23(32)30-24(14-27)7-8-24)12-15-3-6-21(18(26)11-15)33-10-2-1-9-28-19/h1-6,11,13,20,28H,7-10,12H2,(H,29,31)(H,30,32)/b2-1-/t20-/m0/s1. The number of carbonyl (C=O) groups is 2. The lowest BCUT2D eigenvalue weighted by molar-refractivity contribution is -0.123. The summed E-state index contributed by atoms with van der Waals surface area (Å²) in [6.45, 7) is 0.822. The van der Waals surface area contributed by atoms with Gasteiger partial charge in [0.1, 0.15) is 23.9 Å². The molecule has 0 unspecified atom stereocenters. The predicted octanol–water partition coefficient (Wildman–Crippen LogP) is 3.98. The molecule has 2 heterocycles. The van der Waals surface area contributed by atoms with E-state index in [0.717, 1.165) is 10.0 Å². The molecular formula is C24H22BrClN4O3. The summed E-state index contributed by atoms with van der Waals surface area (Å²) in [5.41, 5.74) is 0.939. The second-order valence-electron chi connectivity index (χ2n) is 8.03. The lowest BCUT2D eigenvalue weighted by atomic mass is 10.0. The predicted molar refractivity (Wildman–Crippen MR) is 129 cm³/mol. The minimum atomic E-state index is -0.897. The van der Waals surface area contributed by atoms with Gasteiger partial charge in [0.05, 0.1) is 16.7 Å². The number of ether oxygens (including phenoxy) is 1. The molecule has 0 aromatic heterocycles. The molecule has 1 saturated carbocycles. The van der Waals surface area contributed by atoms with Gasteiger partial charge in [-0.15, -0.1) is 0 Å². The first-order chi connectivity index (χ1) is 15.9. The van der Waals surface area contributed by atoms with Gasteiger partial charge in [0, 0.05) is 23.1 Å². The van der Waals surface area contributed by atoms with Crippen LogP contribution < -0.4 is 20.7 Å². The van der Waals surface area contributed by atoms with Crippen molar-refractivity contribution < 1.29 is 14.3 Å². The normalized spacial score (nSPS) is 20.3. The van der Waals surface area contributed by atoms with E-state index in [1.165, 1.54) is 0 Å². The molecule has 33 heavy (non-hydrogen) atoms. The van der Waals surface area contributed by atoms with E-state index in [1.807, 2.05) is 24.3 Å². The van der Waals surface area contributed by atoms with E-state index in [2.05, 4.69) is 37.9 Å². The van der Waals surface area contributed by atoms with E-state index in [1.54, 1.807) is 24.3 Å². The third-order valence-electron chi connectivity index (χ3n) is 5.52. The van der Waals surface area contributed by atoms with Gasteiger partial charge in [-0.3, -0.25) is 9.59 Å². The summed E-state index contributed by atoms with van der Waals surface area (Å²) >= 11 is 9.79. The Balaban J connectivity index is 1.67. The highest BCUT2D eigenvalue weighted by Gasteiger charge is 2.45. The number of benzene rings is 2.